The van der Waals surface area contributed by atoms with Gasteiger partial charge in [-0.05, 0) is 29.8 Å². The molecule has 0 radical (unpaired) electrons. The molecule has 0 aliphatic rings. The molecule has 0 aliphatic heterocycles. The normalized spacial score (nSPS) is 11.5. The third-order valence-corrected chi connectivity index (χ3v) is 4.57. The van der Waals surface area contributed by atoms with Crippen molar-refractivity contribution in [1.82, 2.24) is 20.2 Å². The van der Waals surface area contributed by atoms with Gasteiger partial charge >= 0.3 is 0 Å². The number of hydrogen-bond acceptors (Lipinski definition) is 4. The van der Waals surface area contributed by atoms with Crippen LogP contribution in [-0.2, 0) is 5.41 Å². The van der Waals surface area contributed by atoms with Crippen LogP contribution >= 0.6 is 23.2 Å². The first-order valence-corrected chi connectivity index (χ1v) is 8.23. The molecule has 1 aromatic carbocycles. The number of pyridine rings is 1. The van der Waals surface area contributed by atoms with Crippen LogP contribution in [0.15, 0.2) is 42.7 Å². The number of rotatable bonds is 5. The van der Waals surface area contributed by atoms with Gasteiger partial charge in [0, 0.05) is 29.9 Å². The van der Waals surface area contributed by atoms with E-state index in [0.29, 0.717) is 28.4 Å². The summed E-state index contributed by atoms with van der Waals surface area (Å²) in [4.78, 5) is 8.45. The van der Waals surface area contributed by atoms with Crippen LogP contribution in [-0.4, -0.2) is 26.7 Å². The highest BCUT2D eigenvalue weighted by Crippen LogP contribution is 2.30. The maximum Gasteiger partial charge on any atom is 0.242 e. The topological polar surface area (TPSA) is 66.5 Å². The summed E-state index contributed by atoms with van der Waals surface area (Å²) < 4.78 is 0. The highest BCUT2D eigenvalue weighted by atomic mass is 35.5. The number of hydrogen-bond donors (Lipinski definition) is 2. The average molecular weight is 362 g/mol. The fourth-order valence-corrected chi connectivity index (χ4v) is 2.60. The van der Waals surface area contributed by atoms with Gasteiger partial charge in [0.15, 0.2) is 5.82 Å². The van der Waals surface area contributed by atoms with Gasteiger partial charge in [-0.1, -0.05) is 43.1 Å². The van der Waals surface area contributed by atoms with E-state index in [0.717, 1.165) is 11.1 Å². The molecule has 0 unspecified atom stereocenters. The molecule has 24 heavy (non-hydrogen) atoms. The predicted molar refractivity (Wildman–Crippen MR) is 97.6 cm³/mol. The van der Waals surface area contributed by atoms with E-state index in [2.05, 4.69) is 39.3 Å². The van der Waals surface area contributed by atoms with Crippen LogP contribution in [0.2, 0.25) is 10.0 Å². The summed E-state index contributed by atoms with van der Waals surface area (Å²) in [7, 11) is 0. The molecule has 0 atom stereocenters. The highest BCUT2D eigenvalue weighted by molar-refractivity contribution is 6.42. The lowest BCUT2D eigenvalue weighted by Gasteiger charge is -2.25. The second kappa shape index (κ2) is 6.79. The Labute approximate surface area is 150 Å². The van der Waals surface area contributed by atoms with E-state index in [1.165, 1.54) is 0 Å². The van der Waals surface area contributed by atoms with Crippen molar-refractivity contribution < 1.29 is 0 Å². The summed E-state index contributed by atoms with van der Waals surface area (Å²) in [5.74, 6) is 1.25. The van der Waals surface area contributed by atoms with E-state index in [1.54, 1.807) is 12.4 Å². The van der Waals surface area contributed by atoms with Crippen LogP contribution in [0.1, 0.15) is 19.4 Å². The smallest absolute Gasteiger partial charge is 0.242 e. The third-order valence-electron chi connectivity index (χ3n) is 3.83. The lowest BCUT2D eigenvalue weighted by Crippen LogP contribution is -2.28. The predicted octanol–water partition coefficient (Wildman–Crippen LogP) is 4.56. The lowest BCUT2D eigenvalue weighted by molar-refractivity contribution is 0.555. The fourth-order valence-electron chi connectivity index (χ4n) is 2.30. The lowest BCUT2D eigenvalue weighted by atomic mass is 9.84. The Morgan fingerprint density at radius 1 is 1.08 bits per heavy atom. The van der Waals surface area contributed by atoms with E-state index in [9.17, 15) is 0 Å². The number of nitrogens with one attached hydrogen (secondary N) is 2. The zero-order chi connectivity index (χ0) is 17.2. The maximum absolute atomic E-state index is 6.12. The van der Waals surface area contributed by atoms with E-state index in [-0.39, 0.29) is 5.41 Å². The van der Waals surface area contributed by atoms with Crippen molar-refractivity contribution in [2.24, 2.45) is 0 Å². The standard InChI is InChI=1S/C17H17Cl2N5/c1-17(2,12-3-4-13(18)14(19)9-12)10-21-16-22-15(23-24-16)11-5-7-20-8-6-11/h3-9H,10H2,1-2H3,(H2,21,22,23,24). The molecule has 2 N–H and O–H groups in total. The summed E-state index contributed by atoms with van der Waals surface area (Å²) in [5.41, 5.74) is 1.87. The molecule has 0 aliphatic carbocycles. The number of nitrogens with zero attached hydrogens (tertiary/aromatic N) is 3. The van der Waals surface area contributed by atoms with E-state index in [1.807, 2.05) is 30.3 Å². The second-order valence-electron chi connectivity index (χ2n) is 6.11. The maximum atomic E-state index is 6.12. The van der Waals surface area contributed by atoms with Gasteiger partial charge in [0.1, 0.15) is 0 Å². The molecule has 3 rings (SSSR count). The monoisotopic (exact) mass is 361 g/mol. The number of halogens is 2. The van der Waals surface area contributed by atoms with Crippen LogP contribution in [0.4, 0.5) is 5.95 Å². The van der Waals surface area contributed by atoms with Gasteiger partial charge in [-0.2, -0.15) is 4.98 Å². The average Bonchev–Trinajstić information content (AvgIpc) is 3.05. The molecule has 0 bridgehead atoms. The minimum Gasteiger partial charge on any atom is -0.352 e. The number of benzene rings is 1. The summed E-state index contributed by atoms with van der Waals surface area (Å²) in [6, 6.07) is 9.45. The van der Waals surface area contributed by atoms with Gasteiger partial charge in [-0.25, -0.2) is 0 Å². The largest absolute Gasteiger partial charge is 0.352 e. The molecule has 0 fully saturated rings. The van der Waals surface area contributed by atoms with Crippen LogP contribution in [0.25, 0.3) is 11.4 Å². The summed E-state index contributed by atoms with van der Waals surface area (Å²) in [5, 5.41) is 11.5. The molecule has 124 valence electrons. The van der Waals surface area contributed by atoms with Gasteiger partial charge in [0.25, 0.3) is 0 Å². The first-order valence-electron chi connectivity index (χ1n) is 7.48. The van der Waals surface area contributed by atoms with Crippen LogP contribution in [0.5, 0.6) is 0 Å². The third kappa shape index (κ3) is 3.68. The van der Waals surface area contributed by atoms with Gasteiger partial charge in [-0.15, -0.1) is 5.10 Å². The van der Waals surface area contributed by atoms with Gasteiger partial charge in [0.05, 0.1) is 10.0 Å². The van der Waals surface area contributed by atoms with Crippen LogP contribution in [0.3, 0.4) is 0 Å². The molecule has 2 aromatic heterocycles. The van der Waals surface area contributed by atoms with Gasteiger partial charge in [-0.3, -0.25) is 10.1 Å². The highest BCUT2D eigenvalue weighted by Gasteiger charge is 2.22. The molecule has 5 nitrogen and oxygen atoms in total. The van der Waals surface area contributed by atoms with Gasteiger partial charge < -0.3 is 5.32 Å². The quantitative estimate of drug-likeness (QED) is 0.698. The Morgan fingerprint density at radius 2 is 1.83 bits per heavy atom. The first kappa shape index (κ1) is 16.7. The van der Waals surface area contributed by atoms with Crippen molar-refractivity contribution in [3.8, 4) is 11.4 Å². The minimum absolute atomic E-state index is 0.161. The Balaban J connectivity index is 1.71. The molecule has 0 spiro atoms. The summed E-state index contributed by atoms with van der Waals surface area (Å²) >= 11 is 12.1. The molecule has 0 amide bonds. The van der Waals surface area contributed by atoms with Gasteiger partial charge in [0.2, 0.25) is 5.95 Å². The number of H-pyrrole nitrogens is 1. The SMILES string of the molecule is CC(C)(CNc1n[nH]c(-c2ccncc2)n1)c1ccc(Cl)c(Cl)c1. The van der Waals surface area contributed by atoms with Crippen molar-refractivity contribution in [3.63, 3.8) is 0 Å². The minimum atomic E-state index is -0.161. The Morgan fingerprint density at radius 3 is 2.54 bits per heavy atom. The van der Waals surface area contributed by atoms with E-state index in [4.69, 9.17) is 23.2 Å². The first-order chi connectivity index (χ1) is 11.5. The van der Waals surface area contributed by atoms with Crippen molar-refractivity contribution in [3.05, 3.63) is 58.3 Å². The summed E-state index contributed by atoms with van der Waals surface area (Å²) in [6.45, 7) is 4.89. The molecular weight excluding hydrogens is 345 g/mol. The second-order valence-corrected chi connectivity index (χ2v) is 6.92. The van der Waals surface area contributed by atoms with Crippen LogP contribution < -0.4 is 5.32 Å². The van der Waals surface area contributed by atoms with Crippen molar-refractivity contribution in [2.45, 2.75) is 19.3 Å². The number of aromatic nitrogens is 4. The molecule has 7 heteroatoms. The zero-order valence-electron chi connectivity index (χ0n) is 13.3. The molecule has 0 saturated carbocycles. The van der Waals surface area contributed by atoms with Crippen molar-refractivity contribution >= 4 is 29.2 Å². The van der Waals surface area contributed by atoms with Crippen molar-refractivity contribution in [1.29, 1.82) is 0 Å². The number of aromatic amines is 1. The Kier molecular flexibility index (Phi) is 4.73. The van der Waals surface area contributed by atoms with E-state index >= 15 is 0 Å². The van der Waals surface area contributed by atoms with Crippen molar-refractivity contribution in [2.75, 3.05) is 11.9 Å². The number of anilines is 1. The Bertz CT molecular complexity index is 830. The molecular formula is C17H17Cl2N5. The molecule has 0 saturated heterocycles. The Hall–Kier alpha value is -2.11. The molecule has 3 aromatic rings. The van der Waals surface area contributed by atoms with E-state index < -0.39 is 0 Å². The van der Waals surface area contributed by atoms with Crippen LogP contribution in [0, 0.1) is 0 Å². The fraction of sp³-hybridized carbons (Fsp3) is 0.235. The summed E-state index contributed by atoms with van der Waals surface area (Å²) in [6.07, 6.45) is 3.44. The molecule has 2 heterocycles. The zero-order valence-corrected chi connectivity index (χ0v) is 14.9.